The van der Waals surface area contributed by atoms with Crippen molar-refractivity contribution in [2.24, 2.45) is 0 Å². The molecule has 0 unspecified atom stereocenters. The number of hydrogen-bond donors (Lipinski definition) is 1. The molecule has 2 aromatic heterocycles. The summed E-state index contributed by atoms with van der Waals surface area (Å²) in [4.78, 5) is 27.0. The summed E-state index contributed by atoms with van der Waals surface area (Å²) >= 11 is 5.67. The number of furan rings is 1. The number of carbonyl (C=O) groups is 2. The van der Waals surface area contributed by atoms with E-state index in [4.69, 9.17) is 20.8 Å². The molecule has 1 atom stereocenters. The Morgan fingerprint density at radius 2 is 2.12 bits per heavy atom. The first-order valence-electron chi connectivity index (χ1n) is 6.46. The molecule has 1 amide bonds. The number of carbonyl (C=O) groups excluding carboxylic acids is 2. The van der Waals surface area contributed by atoms with E-state index in [-0.39, 0.29) is 11.6 Å². The van der Waals surface area contributed by atoms with Gasteiger partial charge < -0.3 is 14.5 Å². The molecule has 0 fully saturated rings. The molecular weight excluding hydrogens is 353 g/mol. The molecule has 2 aromatic rings. The molecule has 0 bridgehead atoms. The predicted molar refractivity (Wildman–Crippen MR) is 76.5 cm³/mol. The highest BCUT2D eigenvalue weighted by atomic mass is 35.5. The number of aromatic nitrogens is 1. The van der Waals surface area contributed by atoms with Gasteiger partial charge in [-0.1, -0.05) is 11.6 Å². The number of amides is 1. The van der Waals surface area contributed by atoms with Gasteiger partial charge >= 0.3 is 12.1 Å². The predicted octanol–water partition coefficient (Wildman–Crippen LogP) is 3.53. The van der Waals surface area contributed by atoms with Crippen molar-refractivity contribution in [2.75, 3.05) is 5.32 Å². The minimum absolute atomic E-state index is 0.0969. The third-order valence-electron chi connectivity index (χ3n) is 2.79. The van der Waals surface area contributed by atoms with Crippen LogP contribution in [0.15, 0.2) is 35.1 Å². The second-order valence-electron chi connectivity index (χ2n) is 4.57. The van der Waals surface area contributed by atoms with Gasteiger partial charge in [-0.3, -0.25) is 4.79 Å². The number of rotatable bonds is 4. The highest BCUT2D eigenvalue weighted by Gasteiger charge is 2.32. The summed E-state index contributed by atoms with van der Waals surface area (Å²) in [7, 11) is 0. The average molecular weight is 363 g/mol. The molecule has 0 aliphatic heterocycles. The molecule has 2 heterocycles. The van der Waals surface area contributed by atoms with Gasteiger partial charge in [-0.2, -0.15) is 13.2 Å². The third-order valence-corrected chi connectivity index (χ3v) is 3.07. The molecule has 0 saturated heterocycles. The number of alkyl halides is 3. The average Bonchev–Trinajstić information content (AvgIpc) is 3.02. The molecule has 24 heavy (non-hydrogen) atoms. The summed E-state index contributed by atoms with van der Waals surface area (Å²) in [5.74, 6) is -2.06. The summed E-state index contributed by atoms with van der Waals surface area (Å²) in [6.07, 6.45) is -4.07. The number of nitrogens with zero attached hydrogens (tertiary/aromatic N) is 1. The molecular formula is C14H10ClF3N2O4. The van der Waals surface area contributed by atoms with E-state index in [1.807, 2.05) is 0 Å². The largest absolute Gasteiger partial charge is 0.457 e. The molecule has 0 aromatic carbocycles. The van der Waals surface area contributed by atoms with Crippen LogP contribution in [0.5, 0.6) is 0 Å². The number of esters is 1. The molecule has 0 aliphatic carbocycles. The number of hydrogen-bond acceptors (Lipinski definition) is 5. The van der Waals surface area contributed by atoms with Crippen molar-refractivity contribution in [3.63, 3.8) is 0 Å². The first-order valence-corrected chi connectivity index (χ1v) is 6.84. The summed E-state index contributed by atoms with van der Waals surface area (Å²) in [6, 6.07) is 3.44. The standard InChI is InChI=1S/C14H10ClF3N2O4/c1-7(24-13(22)10-3-2-4-23-10)12(21)20-11-9(15)5-8(6-19-11)14(16,17)18/h2-7H,1H3,(H,19,20,21)/t7-/m1/s1. The van der Waals surface area contributed by atoms with Crippen LogP contribution in [0.3, 0.4) is 0 Å². The Balaban J connectivity index is 2.02. The minimum Gasteiger partial charge on any atom is -0.457 e. The minimum atomic E-state index is -4.61. The van der Waals surface area contributed by atoms with Gasteiger partial charge in [-0.15, -0.1) is 0 Å². The van der Waals surface area contributed by atoms with Crippen LogP contribution >= 0.6 is 11.6 Å². The maximum atomic E-state index is 12.5. The number of pyridine rings is 1. The molecule has 0 aliphatic rings. The van der Waals surface area contributed by atoms with Crippen molar-refractivity contribution in [1.82, 2.24) is 4.98 Å². The fraction of sp³-hybridized carbons (Fsp3) is 0.214. The molecule has 128 valence electrons. The van der Waals surface area contributed by atoms with Crippen LogP contribution in [0.25, 0.3) is 0 Å². The summed E-state index contributed by atoms with van der Waals surface area (Å²) < 4.78 is 47.2. The Hall–Kier alpha value is -2.55. The summed E-state index contributed by atoms with van der Waals surface area (Å²) in [5.41, 5.74) is -1.05. The van der Waals surface area contributed by atoms with Crippen molar-refractivity contribution >= 4 is 29.3 Å². The summed E-state index contributed by atoms with van der Waals surface area (Å²) in [6.45, 7) is 1.27. The lowest BCUT2D eigenvalue weighted by Crippen LogP contribution is -2.30. The topological polar surface area (TPSA) is 81.4 Å². The highest BCUT2D eigenvalue weighted by molar-refractivity contribution is 6.33. The molecule has 0 spiro atoms. The van der Waals surface area contributed by atoms with Crippen LogP contribution in [-0.4, -0.2) is 23.0 Å². The quantitative estimate of drug-likeness (QED) is 0.841. The second-order valence-corrected chi connectivity index (χ2v) is 4.97. The SMILES string of the molecule is C[C@@H](OC(=O)c1ccco1)C(=O)Nc1ncc(C(F)(F)F)cc1Cl. The van der Waals surface area contributed by atoms with E-state index in [2.05, 4.69) is 10.3 Å². The maximum Gasteiger partial charge on any atom is 0.417 e. The number of nitrogens with one attached hydrogen (secondary N) is 1. The van der Waals surface area contributed by atoms with E-state index in [1.165, 1.54) is 25.3 Å². The van der Waals surface area contributed by atoms with Crippen molar-refractivity contribution in [3.05, 3.63) is 47.0 Å². The van der Waals surface area contributed by atoms with Crippen molar-refractivity contribution < 1.29 is 31.9 Å². The lowest BCUT2D eigenvalue weighted by molar-refractivity contribution is -0.137. The highest BCUT2D eigenvalue weighted by Crippen LogP contribution is 2.32. The molecule has 1 N–H and O–H groups in total. The van der Waals surface area contributed by atoms with Gasteiger partial charge in [-0.25, -0.2) is 9.78 Å². The molecule has 0 radical (unpaired) electrons. The van der Waals surface area contributed by atoms with Crippen LogP contribution in [0, 0.1) is 0 Å². The summed E-state index contributed by atoms with van der Waals surface area (Å²) in [5, 5.41) is 1.78. The van der Waals surface area contributed by atoms with Crippen LogP contribution in [0.2, 0.25) is 5.02 Å². The fourth-order valence-corrected chi connectivity index (χ4v) is 1.78. The van der Waals surface area contributed by atoms with E-state index in [1.54, 1.807) is 0 Å². The van der Waals surface area contributed by atoms with E-state index in [0.29, 0.717) is 12.3 Å². The zero-order valence-corrected chi connectivity index (χ0v) is 12.8. The third kappa shape index (κ3) is 4.25. The molecule has 2 rings (SSSR count). The number of halogens is 4. The first-order chi connectivity index (χ1) is 11.2. The number of anilines is 1. The first kappa shape index (κ1) is 17.8. The lowest BCUT2D eigenvalue weighted by atomic mass is 10.2. The Morgan fingerprint density at radius 1 is 1.42 bits per heavy atom. The monoisotopic (exact) mass is 362 g/mol. The molecule has 0 saturated carbocycles. The number of ether oxygens (including phenoxy) is 1. The Bertz CT molecular complexity index is 747. The van der Waals surface area contributed by atoms with Gasteiger partial charge in [0.1, 0.15) is 0 Å². The Labute approximate surface area is 138 Å². The van der Waals surface area contributed by atoms with E-state index in [9.17, 15) is 22.8 Å². The van der Waals surface area contributed by atoms with Gasteiger partial charge in [0.2, 0.25) is 5.76 Å². The molecule has 10 heteroatoms. The Morgan fingerprint density at radius 3 is 2.67 bits per heavy atom. The zero-order chi connectivity index (χ0) is 17.9. The van der Waals surface area contributed by atoms with Gasteiger partial charge in [0.25, 0.3) is 5.91 Å². The van der Waals surface area contributed by atoms with Crippen LogP contribution in [0.4, 0.5) is 19.0 Å². The van der Waals surface area contributed by atoms with Crippen LogP contribution in [0.1, 0.15) is 23.0 Å². The van der Waals surface area contributed by atoms with Gasteiger partial charge in [0.05, 0.1) is 16.8 Å². The fourth-order valence-electron chi connectivity index (χ4n) is 1.57. The zero-order valence-electron chi connectivity index (χ0n) is 12.1. The van der Waals surface area contributed by atoms with Gasteiger partial charge in [0.15, 0.2) is 11.9 Å². The van der Waals surface area contributed by atoms with Crippen molar-refractivity contribution in [3.8, 4) is 0 Å². The van der Waals surface area contributed by atoms with Crippen molar-refractivity contribution in [2.45, 2.75) is 19.2 Å². The Kier molecular flexibility index (Phi) is 5.13. The van der Waals surface area contributed by atoms with Gasteiger partial charge in [0, 0.05) is 6.20 Å². The van der Waals surface area contributed by atoms with Crippen molar-refractivity contribution in [1.29, 1.82) is 0 Å². The smallest absolute Gasteiger partial charge is 0.417 e. The second kappa shape index (κ2) is 6.91. The molecule has 6 nitrogen and oxygen atoms in total. The normalized spacial score (nSPS) is 12.5. The van der Waals surface area contributed by atoms with Gasteiger partial charge in [-0.05, 0) is 25.1 Å². The van der Waals surface area contributed by atoms with Crippen LogP contribution < -0.4 is 5.32 Å². The van der Waals surface area contributed by atoms with Crippen LogP contribution in [-0.2, 0) is 15.7 Å². The van der Waals surface area contributed by atoms with E-state index >= 15 is 0 Å². The maximum absolute atomic E-state index is 12.5. The van der Waals surface area contributed by atoms with E-state index in [0.717, 1.165) is 0 Å². The van der Waals surface area contributed by atoms with E-state index < -0.39 is 34.7 Å². The lowest BCUT2D eigenvalue weighted by Gasteiger charge is -2.14.